The number of methoxy groups -OCH3 is 4. The number of ether oxygens (including phenoxy) is 4. The minimum Gasteiger partial charge on any atom is -0.741 e. The third kappa shape index (κ3) is 21.6. The van der Waals surface area contributed by atoms with Gasteiger partial charge in [0, 0.05) is 46.5 Å². The molecule has 0 amide bonds. The monoisotopic (exact) mass is 1440 g/mol. The van der Waals surface area contributed by atoms with Crippen LogP contribution in [0.15, 0.2) is 170 Å². The molecule has 4 heterocycles. The molecule has 0 aliphatic carbocycles. The smallest absolute Gasteiger partial charge is 0.741 e. The molecule has 14 nitrogen and oxygen atoms in total. The van der Waals surface area contributed by atoms with Crippen LogP contribution in [0.3, 0.4) is 0 Å². The SMILES string of the molecule is COc1cccc(-c2ccc(C(=C(c3ccc(-c4cccc(OC)n4)cc3)c3ccc(-c4cccc(OC)n4)cc3)c3ccc(-c4cccc(OC)n4)cc3)cc2)n1.ClCCl.ClCCl.O=S(=O)([O-])C(F)(F)F.O=S(=O)([O-])C(F)(F)F.[Ag+].[Ag+]. The van der Waals surface area contributed by atoms with Crippen molar-refractivity contribution in [3.8, 4) is 68.5 Å². The van der Waals surface area contributed by atoms with Crippen molar-refractivity contribution in [1.82, 2.24) is 19.9 Å². The van der Waals surface area contributed by atoms with Crippen LogP contribution in [-0.4, -0.2) is 96.0 Å². The average molecular weight is 1440 g/mol. The molecule has 0 aliphatic rings. The van der Waals surface area contributed by atoms with Gasteiger partial charge in [-0.2, -0.15) is 26.3 Å². The molecule has 82 heavy (non-hydrogen) atoms. The summed E-state index contributed by atoms with van der Waals surface area (Å²) in [6.07, 6.45) is 0. The molecule has 444 valence electrons. The molecule has 0 bridgehead atoms. The van der Waals surface area contributed by atoms with Crippen LogP contribution in [0, 0.1) is 0 Å². The van der Waals surface area contributed by atoms with Gasteiger partial charge in [0.1, 0.15) is 0 Å². The van der Waals surface area contributed by atoms with Gasteiger partial charge in [0.15, 0.2) is 20.2 Å². The Kier molecular flexibility index (Phi) is 30.3. The zero-order chi connectivity index (χ0) is 59.3. The van der Waals surface area contributed by atoms with Crippen LogP contribution < -0.4 is 18.9 Å². The molecule has 0 fully saturated rings. The summed E-state index contributed by atoms with van der Waals surface area (Å²) in [7, 11) is -5.67. The number of rotatable bonds is 12. The Morgan fingerprint density at radius 1 is 0.378 bits per heavy atom. The maximum Gasteiger partial charge on any atom is 1.00 e. The first-order valence-electron chi connectivity index (χ1n) is 22.4. The van der Waals surface area contributed by atoms with E-state index in [0.29, 0.717) is 23.5 Å². The number of nitrogens with zero attached hydrogens (tertiary/aromatic N) is 4. The molecule has 0 radical (unpaired) electrons. The van der Waals surface area contributed by atoms with Crippen LogP contribution in [0.1, 0.15) is 22.3 Å². The molecule has 0 atom stereocenters. The Labute approximate surface area is 520 Å². The molecule has 0 spiro atoms. The van der Waals surface area contributed by atoms with E-state index in [1.165, 1.54) is 0 Å². The van der Waals surface area contributed by atoms with Crippen LogP contribution in [0.5, 0.6) is 23.5 Å². The molecule has 28 heteroatoms. The molecule has 4 aromatic heterocycles. The van der Waals surface area contributed by atoms with Crippen molar-refractivity contribution in [3.05, 3.63) is 192 Å². The second-order valence-corrected chi connectivity index (χ2v) is 19.7. The van der Waals surface area contributed by atoms with E-state index in [1.54, 1.807) is 28.4 Å². The van der Waals surface area contributed by atoms with E-state index in [2.05, 4.69) is 117 Å². The molecular weight excluding hydrogens is 1400 g/mol. The summed E-state index contributed by atoms with van der Waals surface area (Å²) in [5.74, 6) is 2.26. The minimum absolute atomic E-state index is 0. The molecule has 0 aliphatic heterocycles. The third-order valence-electron chi connectivity index (χ3n) is 10.4. The second-order valence-electron chi connectivity index (χ2n) is 15.3. The van der Waals surface area contributed by atoms with Gasteiger partial charge in [-0.3, -0.25) is 0 Å². The van der Waals surface area contributed by atoms with E-state index in [0.717, 1.165) is 78.4 Å². The summed E-state index contributed by atoms with van der Waals surface area (Å²) >= 11 is 19.1. The number of pyridine rings is 4. The fraction of sp³-hybridized carbons (Fsp3) is 0.148. The standard InChI is InChI=1S/C50H40N4O4.2CH2Cl2.2CHF3O3S.2Ag/c1-55-45-13-5-9-41(51-45)33-17-25-37(26-18-33)49(38-27-19-34(20-28-38)42-10-6-14-46(52-42)56-2)50(39-29-21-35(22-30-39)43-11-7-15-47(53-43)57-3)40-31-23-36(24-32-40)44-12-8-16-48(54-44)58-4;2*2-1-3;2*2-1(3,4)8(5,6)7;;/h5-32H,1-4H3;2*1H2;2*(H,5,6,7);;/q;;;;;2*+1/p-2. The molecule has 4 aromatic carbocycles. The number of hydrogen-bond donors (Lipinski definition) is 0. The summed E-state index contributed by atoms with van der Waals surface area (Å²) in [4.78, 5) is 18.8. The normalized spacial score (nSPS) is 10.8. The van der Waals surface area contributed by atoms with Gasteiger partial charge in [-0.25, -0.2) is 36.8 Å². The predicted octanol–water partition coefficient (Wildman–Crippen LogP) is 13.9. The van der Waals surface area contributed by atoms with E-state index in [-0.39, 0.29) is 55.4 Å². The van der Waals surface area contributed by atoms with Gasteiger partial charge in [0.25, 0.3) is 0 Å². The molecule has 0 saturated carbocycles. The second kappa shape index (κ2) is 34.3. The van der Waals surface area contributed by atoms with Gasteiger partial charge in [-0.05, 0) is 57.7 Å². The van der Waals surface area contributed by atoms with E-state index < -0.39 is 31.3 Å². The zero-order valence-corrected chi connectivity index (χ0v) is 50.3. The number of halogens is 10. The molecular formula is C54H44Ag2Cl4F6N4O10S2. The Balaban J connectivity index is 0.000000816. The van der Waals surface area contributed by atoms with Crippen LogP contribution in [0.2, 0.25) is 0 Å². The first-order valence-corrected chi connectivity index (χ1v) is 27.3. The average Bonchev–Trinajstić information content (AvgIpc) is 3.61. The van der Waals surface area contributed by atoms with Gasteiger partial charge in [-0.1, -0.05) is 121 Å². The maximum absolute atomic E-state index is 10.7. The van der Waals surface area contributed by atoms with Crippen LogP contribution >= 0.6 is 46.4 Å². The third-order valence-corrected chi connectivity index (χ3v) is 11.6. The van der Waals surface area contributed by atoms with Gasteiger partial charge in [-0.15, -0.1) is 46.4 Å². The quantitative estimate of drug-likeness (QED) is 0.0279. The summed E-state index contributed by atoms with van der Waals surface area (Å²) in [6.45, 7) is 0. The van der Waals surface area contributed by atoms with E-state index >= 15 is 0 Å². The summed E-state index contributed by atoms with van der Waals surface area (Å²) in [5.41, 5.74) is 2.18. The molecule has 8 rings (SSSR count). The van der Waals surface area contributed by atoms with Crippen molar-refractivity contribution < 1.29 is 116 Å². The molecule has 0 saturated heterocycles. The number of aromatic nitrogens is 4. The van der Waals surface area contributed by atoms with Crippen molar-refractivity contribution in [1.29, 1.82) is 0 Å². The maximum atomic E-state index is 10.7. The molecule has 0 N–H and O–H groups in total. The fourth-order valence-electron chi connectivity index (χ4n) is 6.90. The fourth-order valence-corrected chi connectivity index (χ4v) is 6.90. The van der Waals surface area contributed by atoms with Crippen LogP contribution in [-0.2, 0) is 65.0 Å². The van der Waals surface area contributed by atoms with Crippen molar-refractivity contribution in [2.24, 2.45) is 0 Å². The Hall–Kier alpha value is -5.54. The van der Waals surface area contributed by atoms with Crippen molar-refractivity contribution in [2.75, 3.05) is 39.1 Å². The Morgan fingerprint density at radius 3 is 0.671 bits per heavy atom. The van der Waals surface area contributed by atoms with Crippen molar-refractivity contribution >= 4 is 77.8 Å². The number of alkyl halides is 10. The number of hydrogen-bond acceptors (Lipinski definition) is 14. The predicted molar refractivity (Wildman–Crippen MR) is 295 cm³/mol. The van der Waals surface area contributed by atoms with E-state index in [4.69, 9.17) is 91.3 Å². The minimum atomic E-state index is -6.09. The van der Waals surface area contributed by atoms with Crippen LogP contribution in [0.4, 0.5) is 26.3 Å². The summed E-state index contributed by atoms with van der Waals surface area (Å²) < 4.78 is 140. The van der Waals surface area contributed by atoms with E-state index in [9.17, 15) is 26.3 Å². The Bertz CT molecular complexity index is 3110. The zero-order valence-electron chi connectivity index (χ0n) is 42.7. The van der Waals surface area contributed by atoms with Gasteiger partial charge in [0.2, 0.25) is 23.5 Å². The topological polar surface area (TPSA) is 203 Å². The first-order chi connectivity index (χ1) is 37.9. The summed E-state index contributed by atoms with van der Waals surface area (Å²) in [6, 6.07) is 57.3. The Morgan fingerprint density at radius 2 is 0.537 bits per heavy atom. The van der Waals surface area contributed by atoms with Crippen molar-refractivity contribution in [3.63, 3.8) is 0 Å². The van der Waals surface area contributed by atoms with Gasteiger partial charge < -0.3 is 28.1 Å². The van der Waals surface area contributed by atoms with Gasteiger partial charge in [0.05, 0.1) is 61.9 Å². The molecule has 8 aromatic rings. The van der Waals surface area contributed by atoms with Crippen LogP contribution in [0.25, 0.3) is 56.2 Å². The molecule has 0 unspecified atom stereocenters. The first kappa shape index (κ1) is 72.6. The summed E-state index contributed by atoms with van der Waals surface area (Å²) in [5, 5.41) is 0.389. The van der Waals surface area contributed by atoms with Gasteiger partial charge >= 0.3 is 55.8 Å². The van der Waals surface area contributed by atoms with Crippen molar-refractivity contribution in [2.45, 2.75) is 11.0 Å². The largest absolute Gasteiger partial charge is 1.00 e. The van der Waals surface area contributed by atoms with E-state index in [1.807, 2.05) is 72.8 Å². The number of benzene rings is 4.